The molecule has 0 aromatic heterocycles. The Kier molecular flexibility index (Phi) is 4.78. The van der Waals surface area contributed by atoms with Crippen LogP contribution in [0.5, 0.6) is 0 Å². The third-order valence-corrected chi connectivity index (χ3v) is 4.00. The minimum Gasteiger partial charge on any atom is -0.343 e. The van der Waals surface area contributed by atoms with E-state index >= 15 is 0 Å². The van der Waals surface area contributed by atoms with Crippen molar-refractivity contribution in [3.05, 3.63) is 0 Å². The second-order valence-electron chi connectivity index (χ2n) is 5.13. The van der Waals surface area contributed by atoms with E-state index in [1.807, 2.05) is 11.9 Å². The van der Waals surface area contributed by atoms with E-state index in [4.69, 9.17) is 0 Å². The molecule has 1 amide bonds. The zero-order valence-corrected chi connectivity index (χ0v) is 11.2. The van der Waals surface area contributed by atoms with Crippen molar-refractivity contribution in [3.63, 3.8) is 0 Å². The molecule has 2 atom stereocenters. The molecular formula is C13H26N2O. The molecule has 0 bridgehead atoms. The van der Waals surface area contributed by atoms with Crippen LogP contribution < -0.4 is 5.32 Å². The number of amides is 1. The summed E-state index contributed by atoms with van der Waals surface area (Å²) < 4.78 is 0. The minimum atomic E-state index is -0.118. The molecule has 2 unspecified atom stereocenters. The van der Waals surface area contributed by atoms with Crippen LogP contribution in [-0.4, -0.2) is 37.0 Å². The molecule has 0 spiro atoms. The van der Waals surface area contributed by atoms with Gasteiger partial charge >= 0.3 is 0 Å². The molecule has 0 saturated carbocycles. The Morgan fingerprint density at radius 3 is 2.62 bits per heavy atom. The van der Waals surface area contributed by atoms with Gasteiger partial charge in [0.05, 0.1) is 5.41 Å². The van der Waals surface area contributed by atoms with Crippen LogP contribution in [0.4, 0.5) is 0 Å². The van der Waals surface area contributed by atoms with Crippen molar-refractivity contribution < 1.29 is 4.79 Å². The highest BCUT2D eigenvalue weighted by atomic mass is 16.2. The molecule has 0 aliphatic carbocycles. The summed E-state index contributed by atoms with van der Waals surface area (Å²) in [6, 6.07) is 0.349. The summed E-state index contributed by atoms with van der Waals surface area (Å²) in [5, 5.41) is 3.34. The quantitative estimate of drug-likeness (QED) is 0.778. The summed E-state index contributed by atoms with van der Waals surface area (Å²) in [4.78, 5) is 14.5. The van der Waals surface area contributed by atoms with Crippen molar-refractivity contribution in [2.75, 3.05) is 20.1 Å². The monoisotopic (exact) mass is 226 g/mol. The van der Waals surface area contributed by atoms with Gasteiger partial charge in [-0.2, -0.15) is 0 Å². The van der Waals surface area contributed by atoms with Crippen LogP contribution in [0.15, 0.2) is 0 Å². The van der Waals surface area contributed by atoms with Crippen molar-refractivity contribution in [3.8, 4) is 0 Å². The van der Waals surface area contributed by atoms with Crippen LogP contribution in [0.25, 0.3) is 0 Å². The second-order valence-corrected chi connectivity index (χ2v) is 5.13. The van der Waals surface area contributed by atoms with E-state index in [0.29, 0.717) is 11.9 Å². The molecule has 16 heavy (non-hydrogen) atoms. The maximum absolute atomic E-state index is 12.5. The molecule has 1 saturated heterocycles. The van der Waals surface area contributed by atoms with Gasteiger partial charge in [0.15, 0.2) is 0 Å². The topological polar surface area (TPSA) is 32.3 Å². The van der Waals surface area contributed by atoms with Crippen molar-refractivity contribution in [2.45, 2.75) is 52.5 Å². The van der Waals surface area contributed by atoms with Gasteiger partial charge in [0, 0.05) is 19.6 Å². The van der Waals surface area contributed by atoms with E-state index in [9.17, 15) is 4.79 Å². The summed E-state index contributed by atoms with van der Waals surface area (Å²) in [7, 11) is 1.95. The van der Waals surface area contributed by atoms with Crippen molar-refractivity contribution >= 4 is 5.91 Å². The first-order valence-electron chi connectivity index (χ1n) is 6.55. The summed E-state index contributed by atoms with van der Waals surface area (Å²) >= 11 is 0. The van der Waals surface area contributed by atoms with Gasteiger partial charge in [-0.25, -0.2) is 0 Å². The average Bonchev–Trinajstić information content (AvgIpc) is 2.76. The number of hydrogen-bond donors (Lipinski definition) is 1. The number of hydrogen-bond acceptors (Lipinski definition) is 2. The van der Waals surface area contributed by atoms with E-state index in [2.05, 4.69) is 26.1 Å². The molecule has 0 aromatic rings. The fraction of sp³-hybridized carbons (Fsp3) is 0.923. The Labute approximate surface area is 99.6 Å². The summed E-state index contributed by atoms with van der Waals surface area (Å²) in [5.74, 6) is 0.341. The van der Waals surface area contributed by atoms with Gasteiger partial charge < -0.3 is 10.2 Å². The van der Waals surface area contributed by atoms with E-state index in [0.717, 1.165) is 38.8 Å². The fourth-order valence-corrected chi connectivity index (χ4v) is 2.57. The Morgan fingerprint density at radius 1 is 1.50 bits per heavy atom. The smallest absolute Gasteiger partial charge is 0.230 e. The van der Waals surface area contributed by atoms with Gasteiger partial charge in [-0.15, -0.1) is 0 Å². The number of nitrogens with zero attached hydrogens (tertiary/aromatic N) is 1. The van der Waals surface area contributed by atoms with Gasteiger partial charge in [-0.1, -0.05) is 20.3 Å². The molecule has 0 radical (unpaired) electrons. The molecule has 1 heterocycles. The predicted molar refractivity (Wildman–Crippen MR) is 67.4 cm³/mol. The summed E-state index contributed by atoms with van der Waals surface area (Å²) in [6.07, 6.45) is 4.12. The zero-order valence-electron chi connectivity index (χ0n) is 11.2. The number of carbonyl (C=O) groups is 1. The van der Waals surface area contributed by atoms with Crippen LogP contribution in [0, 0.1) is 5.41 Å². The third kappa shape index (κ3) is 2.57. The van der Waals surface area contributed by atoms with Crippen molar-refractivity contribution in [1.82, 2.24) is 10.2 Å². The molecule has 1 fully saturated rings. The van der Waals surface area contributed by atoms with Gasteiger partial charge in [0.1, 0.15) is 0 Å². The van der Waals surface area contributed by atoms with Crippen LogP contribution in [0.1, 0.15) is 46.5 Å². The maximum atomic E-state index is 12.5. The van der Waals surface area contributed by atoms with E-state index < -0.39 is 0 Å². The van der Waals surface area contributed by atoms with Crippen LogP contribution in [-0.2, 0) is 4.79 Å². The highest BCUT2D eigenvalue weighted by molar-refractivity contribution is 5.83. The standard InChI is InChI=1S/C13H26N2O/c1-5-7-13(8-9-14-10-13)12(16)15(4)11(3)6-2/h11,14H,5-10H2,1-4H3. The normalized spacial score (nSPS) is 26.8. The first-order chi connectivity index (χ1) is 7.57. The SMILES string of the molecule is CCCC1(C(=O)N(C)C(C)CC)CCNC1. The van der Waals surface area contributed by atoms with E-state index in [1.54, 1.807) is 0 Å². The van der Waals surface area contributed by atoms with Crippen LogP contribution in [0.2, 0.25) is 0 Å². The molecule has 1 N–H and O–H groups in total. The van der Waals surface area contributed by atoms with Gasteiger partial charge in [0.25, 0.3) is 0 Å². The van der Waals surface area contributed by atoms with Gasteiger partial charge in [0.2, 0.25) is 5.91 Å². The largest absolute Gasteiger partial charge is 0.343 e. The Hall–Kier alpha value is -0.570. The zero-order chi connectivity index (χ0) is 12.2. The highest BCUT2D eigenvalue weighted by Gasteiger charge is 2.42. The Morgan fingerprint density at radius 2 is 2.19 bits per heavy atom. The second kappa shape index (κ2) is 5.67. The van der Waals surface area contributed by atoms with Crippen LogP contribution in [0.3, 0.4) is 0 Å². The lowest BCUT2D eigenvalue weighted by Crippen LogP contribution is -2.46. The van der Waals surface area contributed by atoms with Crippen molar-refractivity contribution in [2.24, 2.45) is 5.41 Å². The summed E-state index contributed by atoms with van der Waals surface area (Å²) in [6.45, 7) is 8.27. The number of carbonyl (C=O) groups excluding carboxylic acids is 1. The highest BCUT2D eigenvalue weighted by Crippen LogP contribution is 2.33. The first kappa shape index (κ1) is 13.5. The van der Waals surface area contributed by atoms with Gasteiger partial charge in [-0.3, -0.25) is 4.79 Å². The predicted octanol–water partition coefficient (Wildman–Crippen LogP) is 2.02. The maximum Gasteiger partial charge on any atom is 0.230 e. The summed E-state index contributed by atoms with van der Waals surface area (Å²) in [5.41, 5.74) is -0.118. The first-order valence-corrected chi connectivity index (χ1v) is 6.55. The molecule has 3 heteroatoms. The lowest BCUT2D eigenvalue weighted by Gasteiger charge is -2.34. The third-order valence-electron chi connectivity index (χ3n) is 4.00. The molecular weight excluding hydrogens is 200 g/mol. The Balaban J connectivity index is 2.75. The lowest BCUT2D eigenvalue weighted by molar-refractivity contribution is -0.142. The molecule has 1 aliphatic heterocycles. The van der Waals surface area contributed by atoms with Gasteiger partial charge in [-0.05, 0) is 32.7 Å². The molecule has 1 aliphatic rings. The Bertz CT molecular complexity index is 234. The van der Waals surface area contributed by atoms with E-state index in [1.165, 1.54) is 0 Å². The van der Waals surface area contributed by atoms with Crippen LogP contribution >= 0.6 is 0 Å². The number of nitrogens with one attached hydrogen (secondary N) is 1. The number of rotatable bonds is 5. The van der Waals surface area contributed by atoms with E-state index in [-0.39, 0.29) is 5.41 Å². The molecule has 94 valence electrons. The minimum absolute atomic E-state index is 0.118. The molecule has 3 nitrogen and oxygen atoms in total. The molecule has 1 rings (SSSR count). The fourth-order valence-electron chi connectivity index (χ4n) is 2.57. The molecule has 0 aromatic carbocycles. The average molecular weight is 226 g/mol. The van der Waals surface area contributed by atoms with Crippen molar-refractivity contribution in [1.29, 1.82) is 0 Å². The lowest BCUT2D eigenvalue weighted by atomic mass is 9.81.